The Morgan fingerprint density at radius 2 is 1.67 bits per heavy atom. The highest BCUT2D eigenvalue weighted by Crippen LogP contribution is 2.28. The topological polar surface area (TPSA) is 19.4 Å². The number of aromatic nitrogens is 1. The number of benzene rings is 2. The molecule has 138 valence electrons. The van der Waals surface area contributed by atoms with E-state index < -0.39 is 0 Å². The van der Waals surface area contributed by atoms with Gasteiger partial charge in [0, 0.05) is 31.6 Å². The van der Waals surface area contributed by atoms with E-state index in [0.29, 0.717) is 0 Å². The minimum atomic E-state index is 1.03. The Kier molecular flexibility index (Phi) is 5.21. The Hall–Kier alpha value is -2.65. The monoisotopic (exact) mass is 357 g/mol. The van der Waals surface area contributed by atoms with E-state index in [1.807, 2.05) is 0 Å². The molecule has 27 heavy (non-hydrogen) atoms. The zero-order valence-electron chi connectivity index (χ0n) is 16.2. The number of rotatable bonds is 4. The predicted octanol–water partition coefficient (Wildman–Crippen LogP) is 4.94. The van der Waals surface area contributed by atoms with Crippen molar-refractivity contribution in [2.45, 2.75) is 13.8 Å². The van der Waals surface area contributed by atoms with Crippen molar-refractivity contribution in [1.29, 1.82) is 0 Å². The summed E-state index contributed by atoms with van der Waals surface area (Å²) in [5.41, 5.74) is 3.51. The molecular weight excluding hydrogens is 330 g/mol. The van der Waals surface area contributed by atoms with Gasteiger partial charge >= 0.3 is 0 Å². The molecule has 3 aromatic rings. The van der Waals surface area contributed by atoms with Crippen molar-refractivity contribution in [2.24, 2.45) is 0 Å². The SMILES string of the molecule is CCN1CCN(c2nc(/C=C(\C)c3ccccc3)cc3ccccc23)CC1. The van der Waals surface area contributed by atoms with Crippen molar-refractivity contribution >= 4 is 28.2 Å². The Morgan fingerprint density at radius 1 is 0.963 bits per heavy atom. The maximum atomic E-state index is 5.07. The Labute approximate surface area is 161 Å². The lowest BCUT2D eigenvalue weighted by Gasteiger charge is -2.35. The molecule has 0 saturated carbocycles. The summed E-state index contributed by atoms with van der Waals surface area (Å²) in [7, 11) is 0. The highest BCUT2D eigenvalue weighted by Gasteiger charge is 2.19. The Morgan fingerprint density at radius 3 is 2.41 bits per heavy atom. The summed E-state index contributed by atoms with van der Waals surface area (Å²) in [4.78, 5) is 10.0. The third-order valence-corrected chi connectivity index (χ3v) is 5.45. The van der Waals surface area contributed by atoms with Crippen LogP contribution in [0.5, 0.6) is 0 Å². The summed E-state index contributed by atoms with van der Waals surface area (Å²) in [6.45, 7) is 9.81. The zero-order chi connectivity index (χ0) is 18.6. The van der Waals surface area contributed by atoms with E-state index in [2.05, 4.69) is 90.4 Å². The van der Waals surface area contributed by atoms with E-state index >= 15 is 0 Å². The van der Waals surface area contributed by atoms with Crippen molar-refractivity contribution in [2.75, 3.05) is 37.6 Å². The van der Waals surface area contributed by atoms with Crippen LogP contribution in [-0.4, -0.2) is 42.6 Å². The lowest BCUT2D eigenvalue weighted by molar-refractivity contribution is 0.271. The normalized spacial score (nSPS) is 16.1. The first-order valence-electron chi connectivity index (χ1n) is 9.85. The third-order valence-electron chi connectivity index (χ3n) is 5.45. The second-order valence-corrected chi connectivity index (χ2v) is 7.21. The minimum Gasteiger partial charge on any atom is -0.354 e. The standard InChI is InChI=1S/C24H27N3/c1-3-26-13-15-27(16-14-26)24-23-12-8-7-11-21(23)18-22(25-24)17-19(2)20-9-5-4-6-10-20/h4-12,17-18H,3,13-16H2,1-2H3/b19-17+. The average Bonchev–Trinajstić information content (AvgIpc) is 2.74. The van der Waals surface area contributed by atoms with Gasteiger partial charge in [-0.3, -0.25) is 0 Å². The van der Waals surface area contributed by atoms with Gasteiger partial charge in [0.05, 0.1) is 5.69 Å². The van der Waals surface area contributed by atoms with Crippen molar-refractivity contribution in [3.63, 3.8) is 0 Å². The molecule has 3 nitrogen and oxygen atoms in total. The molecule has 0 amide bonds. The van der Waals surface area contributed by atoms with Crippen LogP contribution in [0.1, 0.15) is 25.1 Å². The Balaban J connectivity index is 1.73. The molecule has 1 saturated heterocycles. The molecule has 1 aliphatic rings. The number of allylic oxidation sites excluding steroid dienone is 1. The van der Waals surface area contributed by atoms with Gasteiger partial charge < -0.3 is 9.80 Å². The van der Waals surface area contributed by atoms with Gasteiger partial charge in [0.15, 0.2) is 0 Å². The second-order valence-electron chi connectivity index (χ2n) is 7.21. The minimum absolute atomic E-state index is 1.03. The summed E-state index contributed by atoms with van der Waals surface area (Å²) >= 11 is 0. The van der Waals surface area contributed by atoms with Gasteiger partial charge in [0.1, 0.15) is 5.82 Å². The highest BCUT2D eigenvalue weighted by atomic mass is 15.3. The smallest absolute Gasteiger partial charge is 0.137 e. The molecule has 0 unspecified atom stereocenters. The quantitative estimate of drug-likeness (QED) is 0.659. The number of nitrogens with zero attached hydrogens (tertiary/aromatic N) is 3. The molecule has 1 fully saturated rings. The number of hydrogen-bond acceptors (Lipinski definition) is 3. The number of pyridine rings is 1. The van der Waals surface area contributed by atoms with Gasteiger partial charge in [-0.05, 0) is 42.1 Å². The number of piperazine rings is 1. The first-order valence-corrected chi connectivity index (χ1v) is 9.85. The molecule has 1 aliphatic heterocycles. The maximum Gasteiger partial charge on any atom is 0.137 e. The van der Waals surface area contributed by atoms with E-state index in [9.17, 15) is 0 Å². The molecule has 0 atom stereocenters. The van der Waals surface area contributed by atoms with E-state index in [1.165, 1.54) is 21.9 Å². The molecule has 0 aliphatic carbocycles. The van der Waals surface area contributed by atoms with Gasteiger partial charge in [0.2, 0.25) is 0 Å². The Bertz CT molecular complexity index is 938. The molecule has 2 aromatic carbocycles. The van der Waals surface area contributed by atoms with Crippen molar-refractivity contribution in [1.82, 2.24) is 9.88 Å². The molecule has 0 bridgehead atoms. The summed E-state index contributed by atoms with van der Waals surface area (Å²) in [5, 5.41) is 2.50. The number of likely N-dealkylation sites (N-methyl/N-ethyl adjacent to an activating group) is 1. The second kappa shape index (κ2) is 7.93. The summed E-state index contributed by atoms with van der Waals surface area (Å²) in [5.74, 6) is 1.12. The predicted molar refractivity (Wildman–Crippen MR) is 116 cm³/mol. The van der Waals surface area contributed by atoms with Crippen LogP contribution in [0.4, 0.5) is 5.82 Å². The van der Waals surface area contributed by atoms with Gasteiger partial charge in [-0.25, -0.2) is 4.98 Å². The van der Waals surface area contributed by atoms with Gasteiger partial charge in [-0.15, -0.1) is 0 Å². The number of hydrogen-bond donors (Lipinski definition) is 0. The number of fused-ring (bicyclic) bond motifs is 1. The van der Waals surface area contributed by atoms with Crippen LogP contribution in [0.2, 0.25) is 0 Å². The largest absolute Gasteiger partial charge is 0.354 e. The molecular formula is C24H27N3. The van der Waals surface area contributed by atoms with E-state index in [-0.39, 0.29) is 0 Å². The zero-order valence-corrected chi connectivity index (χ0v) is 16.2. The summed E-state index contributed by atoms with van der Waals surface area (Å²) < 4.78 is 0. The van der Waals surface area contributed by atoms with Crippen molar-refractivity contribution in [3.8, 4) is 0 Å². The highest BCUT2D eigenvalue weighted by molar-refractivity contribution is 5.94. The molecule has 0 N–H and O–H groups in total. The summed E-state index contributed by atoms with van der Waals surface area (Å²) in [6, 6.07) is 21.3. The van der Waals surface area contributed by atoms with Crippen LogP contribution < -0.4 is 4.90 Å². The molecule has 4 rings (SSSR count). The lowest BCUT2D eigenvalue weighted by Crippen LogP contribution is -2.46. The number of anilines is 1. The maximum absolute atomic E-state index is 5.07. The van der Waals surface area contributed by atoms with Crippen LogP contribution >= 0.6 is 0 Å². The first-order chi connectivity index (χ1) is 13.2. The first kappa shape index (κ1) is 17.7. The van der Waals surface area contributed by atoms with Crippen LogP contribution in [0, 0.1) is 0 Å². The molecule has 0 spiro atoms. The van der Waals surface area contributed by atoms with Crippen LogP contribution in [-0.2, 0) is 0 Å². The summed E-state index contributed by atoms with van der Waals surface area (Å²) in [6.07, 6.45) is 2.20. The van der Waals surface area contributed by atoms with Crippen LogP contribution in [0.15, 0.2) is 60.7 Å². The van der Waals surface area contributed by atoms with Gasteiger partial charge in [-0.1, -0.05) is 61.5 Å². The van der Waals surface area contributed by atoms with E-state index in [4.69, 9.17) is 4.98 Å². The van der Waals surface area contributed by atoms with E-state index in [1.54, 1.807) is 0 Å². The fraction of sp³-hybridized carbons (Fsp3) is 0.292. The average molecular weight is 358 g/mol. The van der Waals surface area contributed by atoms with Crippen LogP contribution in [0.25, 0.3) is 22.4 Å². The molecule has 3 heteroatoms. The van der Waals surface area contributed by atoms with Gasteiger partial charge in [-0.2, -0.15) is 0 Å². The van der Waals surface area contributed by atoms with Crippen molar-refractivity contribution in [3.05, 3.63) is 71.9 Å². The third kappa shape index (κ3) is 3.88. The van der Waals surface area contributed by atoms with Gasteiger partial charge in [0.25, 0.3) is 0 Å². The fourth-order valence-electron chi connectivity index (χ4n) is 3.80. The fourth-order valence-corrected chi connectivity index (χ4v) is 3.80. The molecule has 0 radical (unpaired) electrons. The molecule has 2 heterocycles. The lowest BCUT2D eigenvalue weighted by atomic mass is 10.0. The molecule has 1 aromatic heterocycles. The van der Waals surface area contributed by atoms with Crippen LogP contribution in [0.3, 0.4) is 0 Å². The van der Waals surface area contributed by atoms with E-state index in [0.717, 1.165) is 44.2 Å². The van der Waals surface area contributed by atoms with Crippen molar-refractivity contribution < 1.29 is 0 Å².